The number of phenolic OH excluding ortho intramolecular Hbond substituents is 1. The Hall–Kier alpha value is -2.51. The number of aliphatic hydroxyl groups excluding tert-OH is 5. The molecule has 0 unspecified atom stereocenters. The maximum absolute atomic E-state index is 12.5. The first-order chi connectivity index (χ1) is 15.8. The highest BCUT2D eigenvalue weighted by Crippen LogP contribution is 2.42. The lowest BCUT2D eigenvalue weighted by molar-refractivity contribution is -0.339. The SMILES string of the molecule is O=C(O[C@H]1C=C(CO)[C@H]2[C@@H](O[C@H]3O[C@@H](CO)[C@@H](O)[C@@H](O)[C@H]3O)OC=C[C@@H]21)c1ccc(O)cc1. The Balaban J connectivity index is 1.49. The lowest BCUT2D eigenvalue weighted by Gasteiger charge is -2.42. The van der Waals surface area contributed by atoms with Crippen LogP contribution in [0, 0.1) is 11.8 Å². The van der Waals surface area contributed by atoms with E-state index in [1.807, 2.05) is 0 Å². The molecule has 0 bridgehead atoms. The van der Waals surface area contributed by atoms with Crippen molar-refractivity contribution < 1.29 is 54.4 Å². The molecule has 1 aromatic carbocycles. The summed E-state index contributed by atoms with van der Waals surface area (Å²) in [6.45, 7) is -0.987. The van der Waals surface area contributed by atoms with Crippen molar-refractivity contribution in [3.8, 4) is 5.75 Å². The highest BCUT2D eigenvalue weighted by atomic mass is 16.8. The number of ether oxygens (including phenoxy) is 4. The maximum atomic E-state index is 12.5. The van der Waals surface area contributed by atoms with Gasteiger partial charge in [0.1, 0.15) is 36.3 Å². The van der Waals surface area contributed by atoms with Gasteiger partial charge in [-0.25, -0.2) is 4.79 Å². The number of aromatic hydroxyl groups is 1. The first-order valence-corrected chi connectivity index (χ1v) is 10.4. The quantitative estimate of drug-likeness (QED) is 0.219. The molecular formula is C22H26O11. The van der Waals surface area contributed by atoms with E-state index < -0.39 is 67.5 Å². The predicted octanol–water partition coefficient (Wildman–Crippen LogP) is -1.23. The van der Waals surface area contributed by atoms with Crippen molar-refractivity contribution in [2.45, 2.75) is 43.1 Å². The van der Waals surface area contributed by atoms with Crippen LogP contribution in [0.4, 0.5) is 0 Å². The number of phenols is 1. The molecule has 0 amide bonds. The summed E-state index contributed by atoms with van der Waals surface area (Å²) >= 11 is 0. The molecule has 1 fully saturated rings. The Bertz CT molecular complexity index is 896. The molecule has 0 aromatic heterocycles. The Morgan fingerprint density at radius 3 is 2.39 bits per heavy atom. The van der Waals surface area contributed by atoms with Crippen LogP contribution in [-0.4, -0.2) is 92.9 Å². The van der Waals surface area contributed by atoms with Gasteiger partial charge in [-0.3, -0.25) is 0 Å². The molecular weight excluding hydrogens is 440 g/mol. The highest BCUT2D eigenvalue weighted by molar-refractivity contribution is 5.89. The second-order valence-electron chi connectivity index (χ2n) is 8.09. The monoisotopic (exact) mass is 466 g/mol. The molecule has 4 rings (SSSR count). The lowest BCUT2D eigenvalue weighted by Crippen LogP contribution is -2.60. The zero-order valence-electron chi connectivity index (χ0n) is 17.4. The summed E-state index contributed by atoms with van der Waals surface area (Å²) in [7, 11) is 0. The van der Waals surface area contributed by atoms with Crippen LogP contribution < -0.4 is 0 Å². The van der Waals surface area contributed by atoms with Gasteiger partial charge in [0.25, 0.3) is 0 Å². The third kappa shape index (κ3) is 4.62. The summed E-state index contributed by atoms with van der Waals surface area (Å²) < 4.78 is 22.3. The van der Waals surface area contributed by atoms with Gasteiger partial charge in [0, 0.05) is 5.92 Å². The van der Waals surface area contributed by atoms with Gasteiger partial charge in [0.2, 0.25) is 6.29 Å². The molecule has 11 nitrogen and oxygen atoms in total. The molecule has 33 heavy (non-hydrogen) atoms. The van der Waals surface area contributed by atoms with Crippen LogP contribution in [0.15, 0.2) is 48.3 Å². The molecule has 9 atom stereocenters. The third-order valence-electron chi connectivity index (χ3n) is 6.05. The van der Waals surface area contributed by atoms with Crippen LogP contribution in [0.25, 0.3) is 0 Å². The number of rotatable bonds is 6. The summed E-state index contributed by atoms with van der Waals surface area (Å²) in [6.07, 6.45) is -4.61. The van der Waals surface area contributed by atoms with Crippen LogP contribution in [-0.2, 0) is 18.9 Å². The fourth-order valence-electron chi connectivity index (χ4n) is 4.26. The van der Waals surface area contributed by atoms with Crippen molar-refractivity contribution in [3.05, 3.63) is 53.8 Å². The Morgan fingerprint density at radius 1 is 1.00 bits per heavy atom. The van der Waals surface area contributed by atoms with Crippen LogP contribution in [0.3, 0.4) is 0 Å². The highest BCUT2D eigenvalue weighted by Gasteiger charge is 2.50. The molecule has 0 radical (unpaired) electrons. The summed E-state index contributed by atoms with van der Waals surface area (Å²) in [5.41, 5.74) is 0.711. The molecule has 180 valence electrons. The average molecular weight is 466 g/mol. The molecule has 11 heteroatoms. The number of fused-ring (bicyclic) bond motifs is 1. The Morgan fingerprint density at radius 2 is 1.73 bits per heavy atom. The second-order valence-corrected chi connectivity index (χ2v) is 8.09. The molecule has 6 N–H and O–H groups in total. The molecule has 1 saturated heterocycles. The zero-order valence-corrected chi connectivity index (χ0v) is 17.4. The standard InChI is InChI=1S/C22H26O11/c23-8-11-7-14(31-20(29)10-1-3-12(25)4-2-10)13-5-6-30-21(16(11)13)33-22-19(28)18(27)17(26)15(9-24)32-22/h1-7,13-19,21-28H,8-9H2/t13-,14+,15+,16-,17-,18-,19-,21-,22-/m1/s1. The van der Waals surface area contributed by atoms with E-state index in [2.05, 4.69) is 0 Å². The third-order valence-corrected chi connectivity index (χ3v) is 6.05. The predicted molar refractivity (Wildman–Crippen MR) is 108 cm³/mol. The summed E-state index contributed by atoms with van der Waals surface area (Å²) in [6, 6.07) is 5.57. The Kier molecular flexibility index (Phi) is 7.00. The van der Waals surface area contributed by atoms with Crippen molar-refractivity contribution in [2.24, 2.45) is 11.8 Å². The first kappa shape index (κ1) is 23.6. The second kappa shape index (κ2) is 9.77. The number of aliphatic hydroxyl groups is 5. The van der Waals surface area contributed by atoms with Gasteiger partial charge in [-0.05, 0) is 42.0 Å². The van der Waals surface area contributed by atoms with E-state index in [4.69, 9.17) is 18.9 Å². The normalized spacial score (nSPS) is 37.7. The topological polar surface area (TPSA) is 175 Å². The van der Waals surface area contributed by atoms with Crippen molar-refractivity contribution in [1.29, 1.82) is 0 Å². The minimum Gasteiger partial charge on any atom is -0.508 e. The van der Waals surface area contributed by atoms with E-state index >= 15 is 0 Å². The van der Waals surface area contributed by atoms with Gasteiger partial charge < -0.3 is 49.6 Å². The van der Waals surface area contributed by atoms with Crippen LogP contribution >= 0.6 is 0 Å². The number of hydrogen-bond donors (Lipinski definition) is 6. The summed E-state index contributed by atoms with van der Waals surface area (Å²) in [5.74, 6) is -1.68. The van der Waals surface area contributed by atoms with E-state index in [1.54, 1.807) is 12.2 Å². The largest absolute Gasteiger partial charge is 0.508 e. The van der Waals surface area contributed by atoms with Gasteiger partial charge >= 0.3 is 5.97 Å². The van der Waals surface area contributed by atoms with Crippen LogP contribution in [0.2, 0.25) is 0 Å². The van der Waals surface area contributed by atoms with Crippen LogP contribution in [0.5, 0.6) is 5.75 Å². The fourth-order valence-corrected chi connectivity index (χ4v) is 4.26. The molecule has 1 aliphatic carbocycles. The number of carbonyl (C=O) groups excluding carboxylic acids is 1. The van der Waals surface area contributed by atoms with E-state index in [0.29, 0.717) is 5.57 Å². The molecule has 2 aliphatic heterocycles. The van der Waals surface area contributed by atoms with Crippen molar-refractivity contribution in [1.82, 2.24) is 0 Å². The Labute approximate surface area is 188 Å². The van der Waals surface area contributed by atoms with Crippen molar-refractivity contribution in [2.75, 3.05) is 13.2 Å². The van der Waals surface area contributed by atoms with Crippen molar-refractivity contribution >= 4 is 5.97 Å². The lowest BCUT2D eigenvalue weighted by atomic mass is 9.88. The molecule has 0 spiro atoms. The summed E-state index contributed by atoms with van der Waals surface area (Å²) in [4.78, 5) is 12.5. The van der Waals surface area contributed by atoms with E-state index in [9.17, 15) is 35.4 Å². The van der Waals surface area contributed by atoms with Gasteiger partial charge in [0.15, 0.2) is 6.29 Å². The molecule has 2 heterocycles. The van der Waals surface area contributed by atoms with Crippen LogP contribution in [0.1, 0.15) is 10.4 Å². The molecule has 1 aromatic rings. The number of esters is 1. The van der Waals surface area contributed by atoms with E-state index in [1.165, 1.54) is 30.5 Å². The number of benzene rings is 1. The fraction of sp³-hybridized carbons (Fsp3) is 0.500. The summed E-state index contributed by atoms with van der Waals surface area (Å²) in [5, 5.41) is 58.8. The number of hydrogen-bond acceptors (Lipinski definition) is 11. The molecule has 0 saturated carbocycles. The van der Waals surface area contributed by atoms with E-state index in [0.717, 1.165) is 0 Å². The van der Waals surface area contributed by atoms with Crippen molar-refractivity contribution in [3.63, 3.8) is 0 Å². The van der Waals surface area contributed by atoms with Gasteiger partial charge in [-0.1, -0.05) is 0 Å². The zero-order chi connectivity index (χ0) is 23.7. The average Bonchev–Trinajstić information content (AvgIpc) is 3.18. The van der Waals surface area contributed by atoms with Gasteiger partial charge in [-0.15, -0.1) is 0 Å². The smallest absolute Gasteiger partial charge is 0.338 e. The number of carbonyl (C=O) groups is 1. The van der Waals surface area contributed by atoms with Gasteiger partial charge in [0.05, 0.1) is 31.0 Å². The maximum Gasteiger partial charge on any atom is 0.338 e. The minimum absolute atomic E-state index is 0.00971. The minimum atomic E-state index is -1.62. The van der Waals surface area contributed by atoms with Gasteiger partial charge in [-0.2, -0.15) is 0 Å². The molecule has 3 aliphatic rings. The van der Waals surface area contributed by atoms with E-state index in [-0.39, 0.29) is 17.9 Å². The first-order valence-electron chi connectivity index (χ1n) is 10.4.